The first kappa shape index (κ1) is 18.8. The van der Waals surface area contributed by atoms with Crippen LogP contribution in [0.1, 0.15) is 35.7 Å². The Bertz CT molecular complexity index is 1020. The van der Waals surface area contributed by atoms with Gasteiger partial charge < -0.3 is 15.2 Å². The summed E-state index contributed by atoms with van der Waals surface area (Å²) < 4.78 is 52.6. The maximum Gasteiger partial charge on any atom is 0.417 e. The van der Waals surface area contributed by atoms with E-state index in [2.05, 4.69) is 10.3 Å². The van der Waals surface area contributed by atoms with E-state index in [0.717, 1.165) is 17.3 Å². The number of aromatic nitrogens is 1. The number of rotatable bonds is 1. The molecule has 1 aromatic heterocycles. The number of hydrogen-bond donors (Lipinski definition) is 2. The van der Waals surface area contributed by atoms with Crippen molar-refractivity contribution in [2.45, 2.75) is 37.5 Å². The molecule has 2 aromatic rings. The van der Waals surface area contributed by atoms with Crippen LogP contribution in [0.5, 0.6) is 0 Å². The van der Waals surface area contributed by atoms with Gasteiger partial charge in [-0.2, -0.15) is 13.2 Å². The fourth-order valence-electron chi connectivity index (χ4n) is 3.98. The van der Waals surface area contributed by atoms with Crippen LogP contribution in [-0.4, -0.2) is 22.0 Å². The van der Waals surface area contributed by atoms with E-state index in [-0.39, 0.29) is 23.7 Å². The highest BCUT2D eigenvalue weighted by molar-refractivity contribution is 6.31. The van der Waals surface area contributed by atoms with Gasteiger partial charge in [-0.25, -0.2) is 9.18 Å². The predicted molar refractivity (Wildman–Crippen MR) is 93.8 cm³/mol. The molecule has 2 aliphatic heterocycles. The maximum absolute atomic E-state index is 14.1. The zero-order valence-corrected chi connectivity index (χ0v) is 15.0. The zero-order valence-electron chi connectivity index (χ0n) is 14.2. The number of H-pyrrole nitrogens is 1. The molecule has 1 aromatic carbocycles. The van der Waals surface area contributed by atoms with Gasteiger partial charge in [0, 0.05) is 24.2 Å². The minimum atomic E-state index is -4.80. The lowest BCUT2D eigenvalue weighted by molar-refractivity contribution is -0.137. The Hall–Kier alpha value is -2.55. The predicted octanol–water partition coefficient (Wildman–Crippen LogP) is 4.48. The van der Waals surface area contributed by atoms with Gasteiger partial charge in [0.05, 0.1) is 22.3 Å². The lowest BCUT2D eigenvalue weighted by Gasteiger charge is -2.36. The van der Waals surface area contributed by atoms with Crippen molar-refractivity contribution in [3.63, 3.8) is 0 Å². The van der Waals surface area contributed by atoms with Gasteiger partial charge in [-0.3, -0.25) is 4.79 Å². The molecule has 0 radical (unpaired) electrons. The summed E-state index contributed by atoms with van der Waals surface area (Å²) in [5.74, 6) is -1.22. The number of nitrogens with zero attached hydrogens (tertiary/aromatic N) is 1. The monoisotopic (exact) mass is 415 g/mol. The number of halogens is 5. The summed E-state index contributed by atoms with van der Waals surface area (Å²) in [6, 6.07) is 2.96. The van der Waals surface area contributed by atoms with Gasteiger partial charge in [0.1, 0.15) is 5.82 Å². The Morgan fingerprint density at radius 2 is 2.00 bits per heavy atom. The van der Waals surface area contributed by atoms with Crippen LogP contribution in [0.25, 0.3) is 0 Å². The lowest BCUT2D eigenvalue weighted by atomic mass is 9.98. The molecule has 4 rings (SSSR count). The number of nitrogens with one attached hydrogen (secondary N) is 2. The second kappa shape index (κ2) is 6.51. The summed E-state index contributed by atoms with van der Waals surface area (Å²) in [7, 11) is 0. The number of urea groups is 1. The van der Waals surface area contributed by atoms with Gasteiger partial charge in [0.25, 0.3) is 0 Å². The number of fused-ring (bicyclic) bond motifs is 4. The van der Waals surface area contributed by atoms with Crippen molar-refractivity contribution in [1.29, 1.82) is 0 Å². The summed E-state index contributed by atoms with van der Waals surface area (Å²) in [5.41, 5.74) is -0.366. The third-order valence-electron chi connectivity index (χ3n) is 5.18. The molecule has 0 spiro atoms. The number of alkyl halides is 3. The highest BCUT2D eigenvalue weighted by Crippen LogP contribution is 2.43. The molecule has 28 heavy (non-hydrogen) atoms. The quantitative estimate of drug-likeness (QED) is 0.674. The van der Waals surface area contributed by atoms with E-state index >= 15 is 0 Å². The van der Waals surface area contributed by atoms with Crippen LogP contribution >= 0.6 is 11.6 Å². The standard InChI is InChI=1S/C18H14ClF4N3O2/c19-11-7-14(12(20)6-10(11)18(21,22)23)25-17(28)26-8-1-3-15(26)9-2-4-16(27)24-13(9)5-8/h2,4,6-8,15H,1,3,5H2,(H,24,27)(H,25,28)/t8-,15+/m1/s1. The Morgan fingerprint density at radius 3 is 2.71 bits per heavy atom. The number of hydrogen-bond acceptors (Lipinski definition) is 2. The molecule has 0 saturated carbocycles. The first-order chi connectivity index (χ1) is 13.1. The van der Waals surface area contributed by atoms with E-state index in [9.17, 15) is 27.2 Å². The van der Waals surface area contributed by atoms with Crippen molar-refractivity contribution >= 4 is 23.3 Å². The van der Waals surface area contributed by atoms with Crippen molar-refractivity contribution in [3.8, 4) is 0 Å². The van der Waals surface area contributed by atoms with Crippen LogP contribution in [0.3, 0.4) is 0 Å². The molecular formula is C18H14ClF4N3O2. The van der Waals surface area contributed by atoms with Crippen molar-refractivity contribution in [1.82, 2.24) is 9.88 Å². The van der Waals surface area contributed by atoms with Gasteiger partial charge in [-0.1, -0.05) is 11.6 Å². The van der Waals surface area contributed by atoms with Crippen LogP contribution in [0, 0.1) is 5.82 Å². The fourth-order valence-corrected chi connectivity index (χ4v) is 4.25. The molecule has 2 bridgehead atoms. The Morgan fingerprint density at radius 1 is 1.25 bits per heavy atom. The molecular weight excluding hydrogens is 402 g/mol. The van der Waals surface area contributed by atoms with Crippen molar-refractivity contribution in [2.75, 3.05) is 5.32 Å². The SMILES string of the molecule is O=C(Nc1cc(Cl)c(C(F)(F)F)cc1F)N1[C@@H]2CC[C@H]1c1ccc(=O)[nH]c1C2. The molecule has 2 amide bonds. The maximum atomic E-state index is 14.1. The number of anilines is 1. The van der Waals surface area contributed by atoms with Crippen LogP contribution < -0.4 is 10.9 Å². The smallest absolute Gasteiger partial charge is 0.326 e. The van der Waals surface area contributed by atoms with E-state index in [1.807, 2.05) is 0 Å². The number of carbonyl (C=O) groups is 1. The number of pyridine rings is 1. The Kier molecular flexibility index (Phi) is 4.37. The van der Waals surface area contributed by atoms with Crippen molar-refractivity contribution in [2.24, 2.45) is 0 Å². The van der Waals surface area contributed by atoms with E-state index < -0.39 is 34.3 Å². The second-order valence-corrected chi connectivity index (χ2v) is 7.26. The first-order valence-electron chi connectivity index (χ1n) is 8.53. The van der Waals surface area contributed by atoms with Gasteiger partial charge in [-0.05, 0) is 36.6 Å². The summed E-state index contributed by atoms with van der Waals surface area (Å²) in [6.45, 7) is 0. The molecule has 1 saturated heterocycles. The Labute approximate surface area is 161 Å². The Balaban J connectivity index is 1.61. The summed E-state index contributed by atoms with van der Waals surface area (Å²) in [4.78, 5) is 28.6. The van der Waals surface area contributed by atoms with Crippen molar-refractivity contribution in [3.05, 3.63) is 62.3 Å². The molecule has 10 heteroatoms. The molecule has 2 atom stereocenters. The normalized spacial score (nSPS) is 20.8. The molecule has 1 fully saturated rings. The van der Waals surface area contributed by atoms with Gasteiger partial charge in [0.15, 0.2) is 0 Å². The number of carbonyl (C=O) groups excluding carboxylic acids is 1. The van der Waals surface area contributed by atoms with Crippen LogP contribution in [0.15, 0.2) is 29.1 Å². The second-order valence-electron chi connectivity index (χ2n) is 6.85. The van der Waals surface area contributed by atoms with Crippen molar-refractivity contribution < 1.29 is 22.4 Å². The molecule has 2 N–H and O–H groups in total. The van der Waals surface area contributed by atoms with Gasteiger partial charge >= 0.3 is 12.2 Å². The summed E-state index contributed by atoms with van der Waals surface area (Å²) >= 11 is 5.62. The largest absolute Gasteiger partial charge is 0.417 e. The molecule has 3 heterocycles. The van der Waals surface area contributed by atoms with E-state index in [0.29, 0.717) is 19.3 Å². The number of amides is 2. The average molecular weight is 416 g/mol. The van der Waals surface area contributed by atoms with E-state index in [1.165, 1.54) is 6.07 Å². The van der Waals surface area contributed by atoms with Gasteiger partial charge in [-0.15, -0.1) is 0 Å². The van der Waals surface area contributed by atoms with E-state index in [1.54, 1.807) is 11.0 Å². The topological polar surface area (TPSA) is 65.2 Å². The van der Waals surface area contributed by atoms with Crippen LogP contribution in [0.4, 0.5) is 28.0 Å². The molecule has 2 aliphatic rings. The first-order valence-corrected chi connectivity index (χ1v) is 8.90. The van der Waals surface area contributed by atoms with Crippen LogP contribution in [-0.2, 0) is 12.6 Å². The molecule has 148 valence electrons. The zero-order chi connectivity index (χ0) is 20.2. The van der Waals surface area contributed by atoms with Crippen LogP contribution in [0.2, 0.25) is 5.02 Å². The highest BCUT2D eigenvalue weighted by Gasteiger charge is 2.43. The summed E-state index contributed by atoms with van der Waals surface area (Å²) in [5, 5.41) is 1.63. The third kappa shape index (κ3) is 3.13. The molecule has 5 nitrogen and oxygen atoms in total. The minimum Gasteiger partial charge on any atom is -0.326 e. The third-order valence-corrected chi connectivity index (χ3v) is 5.49. The van der Waals surface area contributed by atoms with E-state index in [4.69, 9.17) is 11.6 Å². The van der Waals surface area contributed by atoms with Gasteiger partial charge in [0.2, 0.25) is 5.56 Å². The molecule has 0 unspecified atom stereocenters. The average Bonchev–Trinajstić information content (AvgIpc) is 2.92. The summed E-state index contributed by atoms with van der Waals surface area (Å²) in [6.07, 6.45) is -2.98. The number of aromatic amines is 1. The highest BCUT2D eigenvalue weighted by atomic mass is 35.5. The number of benzene rings is 1. The fraction of sp³-hybridized carbons (Fsp3) is 0.333. The lowest BCUT2D eigenvalue weighted by Crippen LogP contribution is -2.45. The molecule has 0 aliphatic carbocycles. The minimum absolute atomic E-state index is 0.191.